The third-order valence-corrected chi connectivity index (χ3v) is 0.401. The van der Waals surface area contributed by atoms with Crippen LogP contribution < -0.4 is 0 Å². The summed E-state index contributed by atoms with van der Waals surface area (Å²) in [6, 6.07) is 0. The molecule has 5 heteroatoms. The minimum absolute atomic E-state index is 1.10. The SMILES string of the molecule is FC(F)(F)OP. The molecule has 0 amide bonds. The van der Waals surface area contributed by atoms with Crippen LogP contribution in [0, 0.1) is 0 Å². The van der Waals surface area contributed by atoms with Crippen LogP contribution >= 0.6 is 9.47 Å². The van der Waals surface area contributed by atoms with Crippen LogP contribution in [0.15, 0.2) is 0 Å². The summed E-state index contributed by atoms with van der Waals surface area (Å²) in [5.41, 5.74) is 0. The van der Waals surface area contributed by atoms with Gasteiger partial charge in [-0.2, -0.15) is 0 Å². The molecule has 0 aliphatic heterocycles. The van der Waals surface area contributed by atoms with E-state index in [9.17, 15) is 13.2 Å². The molecule has 0 aromatic carbocycles. The van der Waals surface area contributed by atoms with E-state index in [1.54, 1.807) is 0 Å². The van der Waals surface area contributed by atoms with Gasteiger partial charge in [-0.3, -0.25) is 4.52 Å². The number of rotatable bonds is 0. The van der Waals surface area contributed by atoms with Crippen molar-refractivity contribution in [2.75, 3.05) is 0 Å². The lowest BCUT2D eigenvalue weighted by atomic mass is 11.4. The Hall–Kier alpha value is 0.180. The minimum Gasteiger partial charge on any atom is -0.275 e. The molecule has 1 unspecified atom stereocenters. The van der Waals surface area contributed by atoms with Crippen LogP contribution in [-0.4, -0.2) is 6.36 Å². The number of hydrogen-bond acceptors (Lipinski definition) is 1. The van der Waals surface area contributed by atoms with Crippen LogP contribution in [0.4, 0.5) is 13.2 Å². The Kier molecular flexibility index (Phi) is 1.81. The summed E-state index contributed by atoms with van der Waals surface area (Å²) in [6.07, 6.45) is -4.50. The van der Waals surface area contributed by atoms with Crippen molar-refractivity contribution in [1.82, 2.24) is 0 Å². The molecule has 0 aliphatic carbocycles. The van der Waals surface area contributed by atoms with Crippen molar-refractivity contribution < 1.29 is 17.7 Å². The van der Waals surface area contributed by atoms with E-state index in [2.05, 4.69) is 4.52 Å². The van der Waals surface area contributed by atoms with E-state index in [-0.39, 0.29) is 0 Å². The van der Waals surface area contributed by atoms with Gasteiger partial charge in [0.05, 0.1) is 0 Å². The van der Waals surface area contributed by atoms with Crippen LogP contribution in [0.1, 0.15) is 0 Å². The zero-order valence-electron chi connectivity index (χ0n) is 2.62. The summed E-state index contributed by atoms with van der Waals surface area (Å²) in [4.78, 5) is 0. The molecule has 0 saturated carbocycles. The molecule has 0 spiro atoms. The van der Waals surface area contributed by atoms with E-state index in [1.165, 1.54) is 0 Å². The first-order valence-electron chi connectivity index (χ1n) is 1.01. The molecule has 0 rings (SSSR count). The molecule has 0 aromatic heterocycles. The zero-order chi connectivity index (χ0) is 5.21. The molecule has 0 saturated heterocycles. The summed E-state index contributed by atoms with van der Waals surface area (Å²) in [5.74, 6) is 0. The third kappa shape index (κ3) is 4.18. The van der Waals surface area contributed by atoms with E-state index in [0.717, 1.165) is 9.47 Å². The topological polar surface area (TPSA) is 9.23 Å². The molecule has 1 atom stereocenters. The predicted octanol–water partition coefficient (Wildman–Crippen LogP) is 1.31. The van der Waals surface area contributed by atoms with E-state index < -0.39 is 6.36 Å². The lowest BCUT2D eigenvalue weighted by molar-refractivity contribution is -0.268. The second-order valence-corrected chi connectivity index (χ2v) is 0.799. The van der Waals surface area contributed by atoms with Crippen LogP contribution in [-0.2, 0) is 4.52 Å². The highest BCUT2D eigenvalue weighted by Crippen LogP contribution is 2.18. The fourth-order valence-electron chi connectivity index (χ4n) is 0. The van der Waals surface area contributed by atoms with Gasteiger partial charge < -0.3 is 0 Å². The van der Waals surface area contributed by atoms with Crippen molar-refractivity contribution in [3.05, 3.63) is 0 Å². The zero-order valence-corrected chi connectivity index (χ0v) is 3.77. The van der Waals surface area contributed by atoms with Gasteiger partial charge >= 0.3 is 6.36 Å². The second-order valence-electron chi connectivity index (χ2n) is 0.564. The lowest BCUT2D eigenvalue weighted by Gasteiger charge is -1.96. The van der Waals surface area contributed by atoms with Crippen molar-refractivity contribution >= 4 is 9.47 Å². The smallest absolute Gasteiger partial charge is 0.275 e. The standard InChI is InChI=1S/CH2F3OP/c2-1(3,4)5-6/h6H2. The van der Waals surface area contributed by atoms with E-state index in [1.807, 2.05) is 0 Å². The fourth-order valence-corrected chi connectivity index (χ4v) is 0. The lowest BCUT2D eigenvalue weighted by Crippen LogP contribution is -2.04. The molecule has 0 heterocycles. The summed E-state index contributed by atoms with van der Waals surface area (Å²) < 4.78 is 34.5. The molecule has 0 N–H and O–H groups in total. The van der Waals surface area contributed by atoms with Gasteiger partial charge in [-0.05, 0) is 0 Å². The largest absolute Gasteiger partial charge is 0.525 e. The van der Waals surface area contributed by atoms with Gasteiger partial charge in [-0.25, -0.2) is 0 Å². The molecule has 0 radical (unpaired) electrons. The Labute approximate surface area is 34.8 Å². The van der Waals surface area contributed by atoms with Crippen molar-refractivity contribution in [3.63, 3.8) is 0 Å². The predicted molar refractivity (Wildman–Crippen MR) is 16.8 cm³/mol. The molecule has 0 fully saturated rings. The third-order valence-electron chi connectivity index (χ3n) is 0.134. The fraction of sp³-hybridized carbons (Fsp3) is 1.00. The maximum Gasteiger partial charge on any atom is 0.525 e. The Morgan fingerprint density at radius 2 is 1.50 bits per heavy atom. The highest BCUT2D eigenvalue weighted by atomic mass is 31.0. The first-order chi connectivity index (χ1) is 2.56. The first kappa shape index (κ1) is 6.18. The van der Waals surface area contributed by atoms with Gasteiger partial charge in [0, 0.05) is 9.47 Å². The van der Waals surface area contributed by atoms with Crippen molar-refractivity contribution in [1.29, 1.82) is 0 Å². The highest BCUT2D eigenvalue weighted by Gasteiger charge is 2.26. The van der Waals surface area contributed by atoms with Crippen LogP contribution in [0.3, 0.4) is 0 Å². The Morgan fingerprint density at radius 3 is 1.50 bits per heavy atom. The summed E-state index contributed by atoms with van der Waals surface area (Å²) in [6.45, 7) is 0. The molecule has 1 nitrogen and oxygen atoms in total. The van der Waals surface area contributed by atoms with E-state index >= 15 is 0 Å². The molecule has 0 bridgehead atoms. The van der Waals surface area contributed by atoms with E-state index in [4.69, 9.17) is 0 Å². The summed E-state index contributed by atoms with van der Waals surface area (Å²) >= 11 is 0. The summed E-state index contributed by atoms with van der Waals surface area (Å²) in [5, 5.41) is 0. The van der Waals surface area contributed by atoms with Gasteiger partial charge in [-0.15, -0.1) is 13.2 Å². The quantitative estimate of drug-likeness (QED) is 0.435. The van der Waals surface area contributed by atoms with Crippen LogP contribution in [0.5, 0.6) is 0 Å². The monoisotopic (exact) mass is 118 g/mol. The second kappa shape index (κ2) is 1.76. The van der Waals surface area contributed by atoms with E-state index in [0.29, 0.717) is 0 Å². The molecule has 6 heavy (non-hydrogen) atoms. The average molecular weight is 118 g/mol. The number of hydrogen-bond donors (Lipinski definition) is 0. The van der Waals surface area contributed by atoms with Crippen LogP contribution in [0.25, 0.3) is 0 Å². The normalized spacial score (nSPS) is 12.0. The van der Waals surface area contributed by atoms with Gasteiger partial charge in [0.2, 0.25) is 0 Å². The number of halogens is 3. The maximum atomic E-state index is 10.5. The Balaban J connectivity index is 3.17. The molecular formula is CH2F3OP. The highest BCUT2D eigenvalue weighted by molar-refractivity contribution is 7.09. The average Bonchev–Trinajstić information content (AvgIpc) is 1.35. The Bertz CT molecular complexity index is 40.5. The van der Waals surface area contributed by atoms with Gasteiger partial charge in [0.25, 0.3) is 0 Å². The van der Waals surface area contributed by atoms with Crippen molar-refractivity contribution in [2.45, 2.75) is 6.36 Å². The molecular weight excluding hydrogens is 116 g/mol. The minimum atomic E-state index is -4.50. The maximum absolute atomic E-state index is 10.5. The van der Waals surface area contributed by atoms with Gasteiger partial charge in [0.1, 0.15) is 0 Å². The molecule has 0 aromatic rings. The molecule has 38 valence electrons. The summed E-state index contributed by atoms with van der Waals surface area (Å²) in [7, 11) is 1.10. The van der Waals surface area contributed by atoms with Gasteiger partial charge in [-0.1, -0.05) is 0 Å². The molecule has 0 aliphatic rings. The van der Waals surface area contributed by atoms with Crippen molar-refractivity contribution in [2.24, 2.45) is 0 Å². The number of alkyl halides is 3. The van der Waals surface area contributed by atoms with Gasteiger partial charge in [0.15, 0.2) is 0 Å². The van der Waals surface area contributed by atoms with Crippen LogP contribution in [0.2, 0.25) is 0 Å². The Morgan fingerprint density at radius 1 is 1.33 bits per heavy atom. The van der Waals surface area contributed by atoms with Crippen molar-refractivity contribution in [3.8, 4) is 0 Å². The first-order valence-corrected chi connectivity index (χ1v) is 1.48.